The highest BCUT2D eigenvalue weighted by Gasteiger charge is 2.34. The molecule has 1 aromatic carbocycles. The van der Waals surface area contributed by atoms with Gasteiger partial charge in [-0.25, -0.2) is 4.79 Å². The minimum absolute atomic E-state index is 0.0694. The van der Waals surface area contributed by atoms with Gasteiger partial charge >= 0.3 is 5.97 Å². The molecule has 1 fully saturated rings. The predicted molar refractivity (Wildman–Crippen MR) is 89.2 cm³/mol. The van der Waals surface area contributed by atoms with Crippen molar-refractivity contribution in [1.29, 1.82) is 0 Å². The molecule has 1 aliphatic heterocycles. The summed E-state index contributed by atoms with van der Waals surface area (Å²) in [6, 6.07) is 6.83. The Labute approximate surface area is 139 Å². The summed E-state index contributed by atoms with van der Waals surface area (Å²) < 4.78 is 4.89. The maximum absolute atomic E-state index is 12.1. The number of benzene rings is 1. The van der Waals surface area contributed by atoms with E-state index in [4.69, 9.17) is 4.74 Å². The van der Waals surface area contributed by atoms with Gasteiger partial charge in [0.05, 0.1) is 11.9 Å². The van der Waals surface area contributed by atoms with Crippen molar-refractivity contribution < 1.29 is 19.1 Å². The molecule has 124 valence electrons. The second-order valence-corrected chi connectivity index (χ2v) is 6.49. The summed E-state index contributed by atoms with van der Waals surface area (Å²) in [7, 11) is 0. The van der Waals surface area contributed by atoms with Crippen LogP contribution in [-0.2, 0) is 19.1 Å². The summed E-state index contributed by atoms with van der Waals surface area (Å²) in [4.78, 5) is 35.7. The van der Waals surface area contributed by atoms with E-state index in [1.165, 1.54) is 11.8 Å². The quantitative estimate of drug-likeness (QED) is 0.796. The van der Waals surface area contributed by atoms with E-state index in [1.54, 1.807) is 13.0 Å². The van der Waals surface area contributed by atoms with Gasteiger partial charge in [0.1, 0.15) is 6.04 Å². The van der Waals surface area contributed by atoms with Gasteiger partial charge in [0, 0.05) is 17.9 Å². The van der Waals surface area contributed by atoms with E-state index >= 15 is 0 Å². The van der Waals surface area contributed by atoms with E-state index in [0.717, 1.165) is 5.56 Å². The van der Waals surface area contributed by atoms with E-state index in [2.05, 4.69) is 10.6 Å². The van der Waals surface area contributed by atoms with Crippen molar-refractivity contribution in [3.8, 4) is 0 Å². The maximum Gasteiger partial charge on any atom is 0.329 e. The molecule has 0 aliphatic carbocycles. The lowest BCUT2D eigenvalue weighted by Gasteiger charge is -2.27. The number of aryl methyl sites for hydroxylation is 1. The fourth-order valence-electron chi connectivity index (χ4n) is 2.22. The van der Waals surface area contributed by atoms with Crippen LogP contribution in [0.5, 0.6) is 0 Å². The molecule has 1 aromatic rings. The van der Waals surface area contributed by atoms with E-state index in [1.807, 2.05) is 25.1 Å². The lowest BCUT2D eigenvalue weighted by molar-refractivity contribution is -0.146. The Morgan fingerprint density at radius 3 is 2.87 bits per heavy atom. The second-order valence-electron chi connectivity index (χ2n) is 5.26. The summed E-state index contributed by atoms with van der Waals surface area (Å²) in [5.74, 6) is -0.556. The number of nitrogens with one attached hydrogen (secondary N) is 2. The third kappa shape index (κ3) is 4.99. The highest BCUT2D eigenvalue weighted by molar-refractivity contribution is 8.00. The monoisotopic (exact) mass is 336 g/mol. The first-order valence-corrected chi connectivity index (χ1v) is 8.49. The molecule has 0 bridgehead atoms. The standard InChI is InChI=1S/C16H20N2O4S/c1-3-22-16(21)12-9-23-13(15(20)18-12)8-14(19)17-11-6-4-5-10(2)7-11/h4-7,12-13H,3,8-9H2,1-2H3,(H,17,19)(H,18,20)/t12-,13-/m0/s1. The van der Waals surface area contributed by atoms with Crippen LogP contribution in [0.2, 0.25) is 0 Å². The summed E-state index contributed by atoms with van der Waals surface area (Å²) in [5.41, 5.74) is 1.76. The number of amides is 2. The topological polar surface area (TPSA) is 84.5 Å². The first-order chi connectivity index (χ1) is 11.0. The lowest BCUT2D eigenvalue weighted by Crippen LogP contribution is -2.51. The van der Waals surface area contributed by atoms with Gasteiger partial charge in [0.25, 0.3) is 0 Å². The highest BCUT2D eigenvalue weighted by atomic mass is 32.2. The largest absolute Gasteiger partial charge is 0.464 e. The van der Waals surface area contributed by atoms with Crippen LogP contribution in [0.3, 0.4) is 0 Å². The Bertz CT molecular complexity index is 605. The number of anilines is 1. The Morgan fingerprint density at radius 2 is 2.22 bits per heavy atom. The molecule has 2 atom stereocenters. The van der Waals surface area contributed by atoms with Gasteiger partial charge in [0.2, 0.25) is 11.8 Å². The molecular weight excluding hydrogens is 316 g/mol. The highest BCUT2D eigenvalue weighted by Crippen LogP contribution is 2.22. The lowest BCUT2D eigenvalue weighted by atomic mass is 10.2. The Morgan fingerprint density at radius 1 is 1.43 bits per heavy atom. The summed E-state index contributed by atoms with van der Waals surface area (Å²) >= 11 is 1.30. The van der Waals surface area contributed by atoms with Crippen LogP contribution in [0.25, 0.3) is 0 Å². The number of carbonyl (C=O) groups excluding carboxylic acids is 3. The molecule has 6 nitrogen and oxygen atoms in total. The van der Waals surface area contributed by atoms with Crippen LogP contribution in [0.15, 0.2) is 24.3 Å². The molecule has 2 N–H and O–H groups in total. The average molecular weight is 336 g/mol. The number of hydrogen-bond acceptors (Lipinski definition) is 5. The third-order valence-corrected chi connectivity index (χ3v) is 4.63. The van der Waals surface area contributed by atoms with Crippen LogP contribution in [0, 0.1) is 6.92 Å². The molecular formula is C16H20N2O4S. The molecule has 2 rings (SSSR count). The van der Waals surface area contributed by atoms with Crippen LogP contribution >= 0.6 is 11.8 Å². The van der Waals surface area contributed by atoms with Gasteiger partial charge in [-0.2, -0.15) is 0 Å². The maximum atomic E-state index is 12.1. The average Bonchev–Trinajstić information content (AvgIpc) is 2.49. The summed E-state index contributed by atoms with van der Waals surface area (Å²) in [6.45, 7) is 3.93. The van der Waals surface area contributed by atoms with E-state index < -0.39 is 17.3 Å². The first-order valence-electron chi connectivity index (χ1n) is 7.44. The molecule has 7 heteroatoms. The van der Waals surface area contributed by atoms with Gasteiger partial charge in [-0.3, -0.25) is 9.59 Å². The van der Waals surface area contributed by atoms with Crippen molar-refractivity contribution in [2.75, 3.05) is 17.7 Å². The molecule has 0 aromatic heterocycles. The normalized spacial score (nSPS) is 20.5. The molecule has 0 spiro atoms. The van der Waals surface area contributed by atoms with Gasteiger partial charge in [0.15, 0.2) is 0 Å². The third-order valence-electron chi connectivity index (χ3n) is 3.32. The predicted octanol–water partition coefficient (Wildman–Crippen LogP) is 1.49. The molecule has 0 unspecified atom stereocenters. The smallest absolute Gasteiger partial charge is 0.329 e. The summed E-state index contributed by atoms with van der Waals surface area (Å²) in [5, 5.41) is 4.90. The van der Waals surface area contributed by atoms with Crippen molar-refractivity contribution in [2.45, 2.75) is 31.6 Å². The minimum Gasteiger partial charge on any atom is -0.464 e. The Kier molecular flexibility index (Phi) is 6.04. The molecule has 1 saturated heterocycles. The van der Waals surface area contributed by atoms with E-state index in [9.17, 15) is 14.4 Å². The van der Waals surface area contributed by atoms with Crippen molar-refractivity contribution in [3.05, 3.63) is 29.8 Å². The SMILES string of the molecule is CCOC(=O)[C@@H]1CS[C@@H](CC(=O)Nc2cccc(C)c2)C(=O)N1. The van der Waals surface area contributed by atoms with Crippen LogP contribution in [0.4, 0.5) is 5.69 Å². The van der Waals surface area contributed by atoms with Gasteiger partial charge in [-0.15, -0.1) is 11.8 Å². The fourth-order valence-corrected chi connectivity index (χ4v) is 3.35. The van der Waals surface area contributed by atoms with Crippen molar-refractivity contribution in [2.24, 2.45) is 0 Å². The molecule has 0 saturated carbocycles. The van der Waals surface area contributed by atoms with Crippen molar-refractivity contribution in [3.63, 3.8) is 0 Å². The number of thioether (sulfide) groups is 1. The first kappa shape index (κ1) is 17.3. The molecule has 0 radical (unpaired) electrons. The van der Waals surface area contributed by atoms with Crippen molar-refractivity contribution in [1.82, 2.24) is 5.32 Å². The molecule has 1 aliphatic rings. The molecule has 23 heavy (non-hydrogen) atoms. The zero-order chi connectivity index (χ0) is 16.8. The fraction of sp³-hybridized carbons (Fsp3) is 0.438. The number of esters is 1. The number of hydrogen-bond donors (Lipinski definition) is 2. The van der Waals surface area contributed by atoms with Crippen molar-refractivity contribution >= 4 is 35.2 Å². The van der Waals surface area contributed by atoms with Crippen LogP contribution in [0.1, 0.15) is 18.9 Å². The Hall–Kier alpha value is -2.02. The van der Waals surface area contributed by atoms with E-state index in [0.29, 0.717) is 11.4 Å². The zero-order valence-electron chi connectivity index (χ0n) is 13.1. The molecule has 2 amide bonds. The van der Waals surface area contributed by atoms with Crippen LogP contribution < -0.4 is 10.6 Å². The Balaban J connectivity index is 1.85. The van der Waals surface area contributed by atoms with Gasteiger partial charge in [-0.1, -0.05) is 12.1 Å². The second kappa shape index (κ2) is 8.01. The van der Waals surface area contributed by atoms with Crippen LogP contribution in [-0.4, -0.2) is 41.4 Å². The summed E-state index contributed by atoms with van der Waals surface area (Å²) in [6.07, 6.45) is 0.0694. The van der Waals surface area contributed by atoms with Gasteiger partial charge in [-0.05, 0) is 31.5 Å². The number of carbonyl (C=O) groups is 3. The number of ether oxygens (including phenoxy) is 1. The molecule has 1 heterocycles. The number of rotatable bonds is 5. The van der Waals surface area contributed by atoms with E-state index in [-0.39, 0.29) is 24.8 Å². The zero-order valence-corrected chi connectivity index (χ0v) is 13.9. The van der Waals surface area contributed by atoms with Gasteiger partial charge < -0.3 is 15.4 Å². The minimum atomic E-state index is -0.636.